The zero-order valence-corrected chi connectivity index (χ0v) is 10.6. The van der Waals surface area contributed by atoms with E-state index in [0.717, 1.165) is 25.6 Å². The molecule has 0 unspecified atom stereocenters. The number of ether oxygens (including phenoxy) is 1. The van der Waals surface area contributed by atoms with E-state index < -0.39 is 0 Å². The largest absolute Gasteiger partial charge is 0.481 e. The zero-order valence-electron chi connectivity index (χ0n) is 10.6. The van der Waals surface area contributed by atoms with Gasteiger partial charge in [0.15, 0.2) is 0 Å². The Hall–Kier alpha value is -1.29. The fourth-order valence-corrected chi connectivity index (χ4v) is 2.31. The van der Waals surface area contributed by atoms with Crippen molar-refractivity contribution < 1.29 is 4.74 Å². The molecule has 1 aromatic rings. The highest BCUT2D eigenvalue weighted by Crippen LogP contribution is 2.20. The van der Waals surface area contributed by atoms with Crippen LogP contribution in [-0.4, -0.2) is 38.8 Å². The van der Waals surface area contributed by atoms with Crippen LogP contribution < -0.4 is 15.0 Å². The molecule has 0 aliphatic carbocycles. The van der Waals surface area contributed by atoms with Gasteiger partial charge in [0, 0.05) is 31.5 Å². The van der Waals surface area contributed by atoms with E-state index in [9.17, 15) is 0 Å². The first-order chi connectivity index (χ1) is 8.29. The third-order valence-electron chi connectivity index (χ3n) is 3.36. The molecule has 4 nitrogen and oxygen atoms in total. The molecule has 0 aromatic carbocycles. The van der Waals surface area contributed by atoms with Crippen LogP contribution in [0.25, 0.3) is 0 Å². The molecule has 0 bridgehead atoms. The van der Waals surface area contributed by atoms with Crippen LogP contribution in [0.2, 0.25) is 0 Å². The van der Waals surface area contributed by atoms with Crippen LogP contribution in [0.3, 0.4) is 0 Å². The van der Waals surface area contributed by atoms with Gasteiger partial charge in [0.05, 0.1) is 7.11 Å². The minimum Gasteiger partial charge on any atom is -0.481 e. The third-order valence-corrected chi connectivity index (χ3v) is 3.36. The first-order valence-electron chi connectivity index (χ1n) is 6.21. The van der Waals surface area contributed by atoms with Crippen LogP contribution in [0.5, 0.6) is 5.88 Å². The van der Waals surface area contributed by atoms with Crippen molar-refractivity contribution in [3.05, 3.63) is 18.3 Å². The van der Waals surface area contributed by atoms with Gasteiger partial charge in [-0.15, -0.1) is 0 Å². The fourth-order valence-electron chi connectivity index (χ4n) is 2.31. The van der Waals surface area contributed by atoms with Crippen molar-refractivity contribution >= 4 is 5.69 Å². The average molecular weight is 235 g/mol. The maximum Gasteiger partial charge on any atom is 0.214 e. The Bertz CT molecular complexity index is 350. The molecular weight excluding hydrogens is 214 g/mol. The van der Waals surface area contributed by atoms with Crippen molar-refractivity contribution in [3.63, 3.8) is 0 Å². The van der Waals surface area contributed by atoms with E-state index in [1.165, 1.54) is 18.5 Å². The summed E-state index contributed by atoms with van der Waals surface area (Å²) >= 11 is 0. The van der Waals surface area contributed by atoms with E-state index in [1.54, 1.807) is 13.3 Å². The summed E-state index contributed by atoms with van der Waals surface area (Å²) in [6.07, 6.45) is 4.34. The zero-order chi connectivity index (χ0) is 12.1. The predicted octanol–water partition coefficient (Wildman–Crippen LogP) is 1.53. The number of hydrogen-bond acceptors (Lipinski definition) is 4. The maximum absolute atomic E-state index is 5.15. The Balaban J connectivity index is 1.95. The summed E-state index contributed by atoms with van der Waals surface area (Å²) in [5.74, 6) is 1.47. The van der Waals surface area contributed by atoms with Crippen LogP contribution in [0.4, 0.5) is 5.69 Å². The quantitative estimate of drug-likeness (QED) is 0.858. The summed E-state index contributed by atoms with van der Waals surface area (Å²) < 4.78 is 5.15. The Morgan fingerprint density at radius 1 is 1.47 bits per heavy atom. The molecule has 1 fully saturated rings. The molecule has 0 spiro atoms. The smallest absolute Gasteiger partial charge is 0.214 e. The Morgan fingerprint density at radius 3 is 2.94 bits per heavy atom. The highest BCUT2D eigenvalue weighted by atomic mass is 16.5. The predicted molar refractivity (Wildman–Crippen MR) is 69.7 cm³/mol. The second-order valence-electron chi connectivity index (χ2n) is 4.63. The van der Waals surface area contributed by atoms with Gasteiger partial charge >= 0.3 is 0 Å². The van der Waals surface area contributed by atoms with Crippen LogP contribution in [0.1, 0.15) is 12.8 Å². The summed E-state index contributed by atoms with van der Waals surface area (Å²) in [5.41, 5.74) is 1.18. The molecule has 1 aliphatic heterocycles. The molecule has 0 amide bonds. The van der Waals surface area contributed by atoms with Crippen molar-refractivity contribution in [2.75, 3.05) is 38.7 Å². The van der Waals surface area contributed by atoms with Gasteiger partial charge in [-0.3, -0.25) is 0 Å². The second-order valence-corrected chi connectivity index (χ2v) is 4.63. The lowest BCUT2D eigenvalue weighted by Gasteiger charge is -2.28. The first-order valence-corrected chi connectivity index (χ1v) is 6.21. The van der Waals surface area contributed by atoms with Crippen LogP contribution >= 0.6 is 0 Å². The molecule has 0 atom stereocenters. The molecule has 94 valence electrons. The number of pyridine rings is 1. The van der Waals surface area contributed by atoms with Gasteiger partial charge in [0.2, 0.25) is 5.88 Å². The lowest BCUT2D eigenvalue weighted by Crippen LogP contribution is -2.34. The third kappa shape index (κ3) is 3.33. The summed E-state index contributed by atoms with van der Waals surface area (Å²) in [5, 5.41) is 3.40. The summed E-state index contributed by atoms with van der Waals surface area (Å²) in [4.78, 5) is 6.42. The topological polar surface area (TPSA) is 37.4 Å². The molecule has 17 heavy (non-hydrogen) atoms. The number of rotatable bonds is 4. The number of anilines is 1. The van der Waals surface area contributed by atoms with Gasteiger partial charge in [0.25, 0.3) is 0 Å². The van der Waals surface area contributed by atoms with Gasteiger partial charge in [-0.05, 0) is 37.9 Å². The van der Waals surface area contributed by atoms with E-state index in [-0.39, 0.29) is 0 Å². The van der Waals surface area contributed by atoms with Gasteiger partial charge < -0.3 is 15.0 Å². The fraction of sp³-hybridized carbons (Fsp3) is 0.615. The number of nitrogens with one attached hydrogen (secondary N) is 1. The molecule has 1 aliphatic rings. The molecule has 1 N–H and O–H groups in total. The molecule has 2 rings (SSSR count). The lowest BCUT2D eigenvalue weighted by atomic mass is 9.97. The first kappa shape index (κ1) is 12.2. The van der Waals surface area contributed by atoms with Gasteiger partial charge in [-0.25, -0.2) is 4.98 Å². The summed E-state index contributed by atoms with van der Waals surface area (Å²) in [7, 11) is 3.79. The van der Waals surface area contributed by atoms with E-state index in [0.29, 0.717) is 5.88 Å². The standard InChI is InChI=1S/C13H21N3O/c1-16(10-11-3-6-14-7-4-11)12-5-8-15-13(9-12)17-2/h5,8-9,11,14H,3-4,6-7,10H2,1-2H3. The highest BCUT2D eigenvalue weighted by Gasteiger charge is 2.15. The molecule has 1 saturated heterocycles. The van der Waals surface area contributed by atoms with Crippen molar-refractivity contribution in [1.82, 2.24) is 10.3 Å². The molecule has 0 saturated carbocycles. The number of piperidine rings is 1. The van der Waals surface area contributed by atoms with Crippen LogP contribution in [0, 0.1) is 5.92 Å². The molecule has 2 heterocycles. The normalized spacial score (nSPS) is 16.8. The van der Waals surface area contributed by atoms with Gasteiger partial charge in [-0.1, -0.05) is 0 Å². The van der Waals surface area contributed by atoms with Crippen molar-refractivity contribution in [1.29, 1.82) is 0 Å². The molecule has 1 aromatic heterocycles. The van der Waals surface area contributed by atoms with Crippen molar-refractivity contribution in [2.45, 2.75) is 12.8 Å². The second kappa shape index (κ2) is 5.87. The Kier molecular flexibility index (Phi) is 4.20. The van der Waals surface area contributed by atoms with Crippen LogP contribution in [-0.2, 0) is 0 Å². The minimum atomic E-state index is 0.680. The number of aromatic nitrogens is 1. The van der Waals surface area contributed by atoms with Gasteiger partial charge in [0.1, 0.15) is 0 Å². The number of methoxy groups -OCH3 is 1. The summed E-state index contributed by atoms with van der Waals surface area (Å²) in [6.45, 7) is 3.41. The number of nitrogens with zero attached hydrogens (tertiary/aromatic N) is 2. The van der Waals surface area contributed by atoms with Crippen molar-refractivity contribution in [2.24, 2.45) is 5.92 Å². The average Bonchev–Trinajstić information content (AvgIpc) is 2.40. The van der Waals surface area contributed by atoms with E-state index in [2.05, 4.69) is 22.2 Å². The van der Waals surface area contributed by atoms with Crippen molar-refractivity contribution in [3.8, 4) is 5.88 Å². The SMILES string of the molecule is COc1cc(N(C)CC2CCNCC2)ccn1. The van der Waals surface area contributed by atoms with E-state index >= 15 is 0 Å². The van der Waals surface area contributed by atoms with E-state index in [1.807, 2.05) is 12.1 Å². The number of hydrogen-bond donors (Lipinski definition) is 1. The van der Waals surface area contributed by atoms with E-state index in [4.69, 9.17) is 4.74 Å². The lowest BCUT2D eigenvalue weighted by molar-refractivity contribution is 0.377. The Morgan fingerprint density at radius 2 is 2.24 bits per heavy atom. The summed E-state index contributed by atoms with van der Waals surface area (Å²) in [6, 6.07) is 4.02. The molecular formula is C13H21N3O. The van der Waals surface area contributed by atoms with Gasteiger partial charge in [-0.2, -0.15) is 0 Å². The molecule has 4 heteroatoms. The Labute approximate surface area is 103 Å². The molecule has 0 radical (unpaired) electrons. The highest BCUT2D eigenvalue weighted by molar-refractivity contribution is 5.47. The monoisotopic (exact) mass is 235 g/mol. The van der Waals surface area contributed by atoms with Crippen LogP contribution in [0.15, 0.2) is 18.3 Å². The maximum atomic E-state index is 5.15. The minimum absolute atomic E-state index is 0.680.